The maximum atomic E-state index is 11.1. The molecule has 1 aliphatic heterocycles. The number of carbonyl (C=O) groups excluding carboxylic acids is 1. The van der Waals surface area contributed by atoms with Crippen LogP contribution in [0.3, 0.4) is 0 Å². The van der Waals surface area contributed by atoms with Crippen LogP contribution in [-0.2, 0) is 4.74 Å². The summed E-state index contributed by atoms with van der Waals surface area (Å²) < 4.78 is 4.60. The van der Waals surface area contributed by atoms with Gasteiger partial charge in [0.25, 0.3) is 0 Å². The lowest BCUT2D eigenvalue weighted by Gasteiger charge is -2.26. The highest BCUT2D eigenvalue weighted by Gasteiger charge is 2.19. The van der Waals surface area contributed by atoms with Crippen molar-refractivity contribution >= 4 is 6.09 Å². The predicted molar refractivity (Wildman–Crippen MR) is 45.5 cm³/mol. The zero-order chi connectivity index (χ0) is 9.14. The molecule has 4 nitrogen and oxygen atoms in total. The van der Waals surface area contributed by atoms with E-state index in [0.29, 0.717) is 13.1 Å². The van der Waals surface area contributed by atoms with Gasteiger partial charge in [-0.05, 0) is 12.5 Å². The fourth-order valence-electron chi connectivity index (χ4n) is 1.22. The number of hydrogen-bond acceptors (Lipinski definition) is 3. The van der Waals surface area contributed by atoms with Crippen LogP contribution in [-0.4, -0.2) is 31.2 Å². The molecule has 0 radical (unpaired) electrons. The highest BCUT2D eigenvalue weighted by Crippen LogP contribution is 2.13. The summed E-state index contributed by atoms with van der Waals surface area (Å²) in [5.74, 6) is 0. The molecule has 2 N–H and O–H groups in total. The van der Waals surface area contributed by atoms with Crippen LogP contribution in [0.2, 0.25) is 0 Å². The second kappa shape index (κ2) is 3.47. The Morgan fingerprint density at radius 3 is 2.83 bits per heavy atom. The molecule has 12 heavy (non-hydrogen) atoms. The smallest absolute Gasteiger partial charge is 0.409 e. The van der Waals surface area contributed by atoms with Gasteiger partial charge in [-0.15, -0.1) is 0 Å². The Hall–Kier alpha value is -1.19. The quantitative estimate of drug-likeness (QED) is 0.582. The van der Waals surface area contributed by atoms with Crippen LogP contribution in [0.5, 0.6) is 0 Å². The summed E-state index contributed by atoms with van der Waals surface area (Å²) in [5.41, 5.74) is 7.64. The lowest BCUT2D eigenvalue weighted by molar-refractivity contribution is 0.125. The normalized spacial score (nSPS) is 18.0. The number of carbonyl (C=O) groups is 1. The van der Waals surface area contributed by atoms with Crippen molar-refractivity contribution in [1.82, 2.24) is 4.90 Å². The van der Waals surface area contributed by atoms with Gasteiger partial charge in [-0.25, -0.2) is 4.79 Å². The first-order valence-electron chi connectivity index (χ1n) is 3.92. The van der Waals surface area contributed by atoms with Gasteiger partial charge < -0.3 is 15.4 Å². The first kappa shape index (κ1) is 8.90. The molecule has 1 heterocycles. The molecule has 0 unspecified atom stereocenters. The molecule has 4 heteroatoms. The molecule has 0 aliphatic carbocycles. The van der Waals surface area contributed by atoms with Crippen molar-refractivity contribution in [3.63, 3.8) is 0 Å². The number of rotatable bonds is 0. The second-order valence-electron chi connectivity index (χ2n) is 2.95. The Kier molecular flexibility index (Phi) is 2.58. The number of nitrogens with zero attached hydrogens (tertiary/aromatic N) is 1. The Morgan fingerprint density at radius 2 is 2.33 bits per heavy atom. The van der Waals surface area contributed by atoms with Gasteiger partial charge in [0.15, 0.2) is 0 Å². The molecule has 0 atom stereocenters. The summed E-state index contributed by atoms with van der Waals surface area (Å²) in [6.45, 7) is 3.19. The summed E-state index contributed by atoms with van der Waals surface area (Å²) in [7, 11) is 1.39. The summed E-state index contributed by atoms with van der Waals surface area (Å²) in [6.07, 6.45) is 0.475. The van der Waals surface area contributed by atoms with E-state index in [1.54, 1.807) is 4.90 Å². The van der Waals surface area contributed by atoms with E-state index in [9.17, 15) is 4.79 Å². The summed E-state index contributed by atoms with van der Waals surface area (Å²) >= 11 is 0. The van der Waals surface area contributed by atoms with Gasteiger partial charge >= 0.3 is 6.09 Å². The zero-order valence-electron chi connectivity index (χ0n) is 7.46. The first-order chi connectivity index (χ1) is 5.65. The van der Waals surface area contributed by atoms with Crippen molar-refractivity contribution in [1.29, 1.82) is 0 Å². The lowest BCUT2D eigenvalue weighted by Crippen LogP contribution is -2.37. The Balaban J connectivity index is 2.60. The third-order valence-corrected chi connectivity index (χ3v) is 2.06. The van der Waals surface area contributed by atoms with Gasteiger partial charge in [-0.2, -0.15) is 0 Å². The Bertz CT molecular complexity index is 223. The van der Waals surface area contributed by atoms with E-state index in [1.165, 1.54) is 7.11 Å². The summed E-state index contributed by atoms with van der Waals surface area (Å²) in [4.78, 5) is 12.7. The average molecular weight is 170 g/mol. The SMILES string of the molecule is COC(=O)N1CCC(N)=C(C)C1. The van der Waals surface area contributed by atoms with Crippen molar-refractivity contribution in [3.05, 3.63) is 11.3 Å². The minimum absolute atomic E-state index is 0.276. The number of ether oxygens (including phenoxy) is 1. The van der Waals surface area contributed by atoms with Crippen molar-refractivity contribution in [2.24, 2.45) is 5.73 Å². The predicted octanol–water partition coefficient (Wildman–Crippen LogP) is 0.691. The van der Waals surface area contributed by atoms with Crippen LogP contribution in [0.4, 0.5) is 4.79 Å². The van der Waals surface area contributed by atoms with Crippen molar-refractivity contribution in [2.75, 3.05) is 20.2 Å². The van der Waals surface area contributed by atoms with Crippen LogP contribution < -0.4 is 5.73 Å². The van der Waals surface area contributed by atoms with E-state index in [2.05, 4.69) is 4.74 Å². The lowest BCUT2D eigenvalue weighted by atomic mass is 10.1. The van der Waals surface area contributed by atoms with E-state index in [1.807, 2.05) is 6.92 Å². The van der Waals surface area contributed by atoms with Crippen LogP contribution in [0.1, 0.15) is 13.3 Å². The van der Waals surface area contributed by atoms with Gasteiger partial charge in [-0.3, -0.25) is 0 Å². The molecular weight excluding hydrogens is 156 g/mol. The van der Waals surface area contributed by atoms with Gasteiger partial charge in [0.1, 0.15) is 0 Å². The largest absolute Gasteiger partial charge is 0.453 e. The van der Waals surface area contributed by atoms with E-state index < -0.39 is 0 Å². The third kappa shape index (κ3) is 1.69. The summed E-state index contributed by atoms with van der Waals surface area (Å²) in [5, 5.41) is 0. The molecule has 0 fully saturated rings. The third-order valence-electron chi connectivity index (χ3n) is 2.06. The van der Waals surface area contributed by atoms with Crippen molar-refractivity contribution in [2.45, 2.75) is 13.3 Å². The van der Waals surface area contributed by atoms with Crippen LogP contribution in [0.25, 0.3) is 0 Å². The highest BCUT2D eigenvalue weighted by molar-refractivity contribution is 5.68. The van der Waals surface area contributed by atoms with Crippen LogP contribution >= 0.6 is 0 Å². The summed E-state index contributed by atoms with van der Waals surface area (Å²) in [6, 6.07) is 0. The van der Waals surface area contributed by atoms with E-state index >= 15 is 0 Å². The maximum Gasteiger partial charge on any atom is 0.409 e. The van der Waals surface area contributed by atoms with Gasteiger partial charge in [-0.1, -0.05) is 0 Å². The number of hydrogen-bond donors (Lipinski definition) is 1. The number of nitrogens with two attached hydrogens (primary N) is 1. The van der Waals surface area contributed by atoms with Crippen molar-refractivity contribution < 1.29 is 9.53 Å². The Labute approximate surface area is 72.0 Å². The molecule has 0 spiro atoms. The van der Waals surface area contributed by atoms with E-state index in [4.69, 9.17) is 5.73 Å². The first-order valence-corrected chi connectivity index (χ1v) is 3.92. The number of amides is 1. The topological polar surface area (TPSA) is 55.6 Å². The zero-order valence-corrected chi connectivity index (χ0v) is 7.46. The molecule has 0 saturated heterocycles. The fourth-order valence-corrected chi connectivity index (χ4v) is 1.22. The van der Waals surface area contributed by atoms with Crippen molar-refractivity contribution in [3.8, 4) is 0 Å². The molecule has 0 aromatic carbocycles. The standard InChI is InChI=1S/C8H14N2O2/c1-6-5-10(8(11)12-2)4-3-7(6)9/h3-5,9H2,1-2H3. The van der Waals surface area contributed by atoms with Gasteiger partial charge in [0.05, 0.1) is 7.11 Å². The van der Waals surface area contributed by atoms with E-state index in [-0.39, 0.29) is 6.09 Å². The van der Waals surface area contributed by atoms with Gasteiger partial charge in [0.2, 0.25) is 0 Å². The molecule has 0 aromatic rings. The van der Waals surface area contributed by atoms with Crippen LogP contribution in [0, 0.1) is 0 Å². The molecule has 0 aromatic heterocycles. The van der Waals surface area contributed by atoms with E-state index in [0.717, 1.165) is 17.7 Å². The molecule has 0 bridgehead atoms. The Morgan fingerprint density at radius 1 is 1.67 bits per heavy atom. The highest BCUT2D eigenvalue weighted by atomic mass is 16.5. The fraction of sp³-hybridized carbons (Fsp3) is 0.625. The monoisotopic (exact) mass is 170 g/mol. The number of methoxy groups -OCH3 is 1. The maximum absolute atomic E-state index is 11.1. The average Bonchev–Trinajstić information content (AvgIpc) is 2.08. The molecule has 1 rings (SSSR count). The van der Waals surface area contributed by atoms with Crippen LogP contribution in [0.15, 0.2) is 11.3 Å². The molecular formula is C8H14N2O2. The van der Waals surface area contributed by atoms with Gasteiger partial charge in [0, 0.05) is 25.2 Å². The minimum atomic E-state index is -0.276. The second-order valence-corrected chi connectivity index (χ2v) is 2.95. The molecule has 0 saturated carbocycles. The minimum Gasteiger partial charge on any atom is -0.453 e. The molecule has 1 amide bonds. The molecule has 68 valence electrons. The molecule has 1 aliphatic rings.